The molecule has 124 valence electrons. The van der Waals surface area contributed by atoms with Crippen molar-refractivity contribution in [2.45, 2.75) is 6.92 Å². The van der Waals surface area contributed by atoms with E-state index in [2.05, 4.69) is 10.9 Å². The first-order valence-electron chi connectivity index (χ1n) is 7.25. The molecule has 0 aromatic heterocycles. The van der Waals surface area contributed by atoms with Gasteiger partial charge in [-0.1, -0.05) is 41.9 Å². The van der Waals surface area contributed by atoms with Crippen LogP contribution in [0.5, 0.6) is 5.75 Å². The maximum atomic E-state index is 11.7. The van der Waals surface area contributed by atoms with Gasteiger partial charge < -0.3 is 4.74 Å². The van der Waals surface area contributed by atoms with Crippen molar-refractivity contribution in [1.29, 1.82) is 0 Å². The van der Waals surface area contributed by atoms with Gasteiger partial charge in [0.05, 0.1) is 0 Å². The van der Waals surface area contributed by atoms with Gasteiger partial charge in [0.25, 0.3) is 11.8 Å². The summed E-state index contributed by atoms with van der Waals surface area (Å²) in [6, 6.07) is 14.4. The topological polar surface area (TPSA) is 67.4 Å². The van der Waals surface area contributed by atoms with E-state index in [9.17, 15) is 9.59 Å². The third-order valence-corrected chi connectivity index (χ3v) is 3.29. The van der Waals surface area contributed by atoms with E-state index in [0.717, 1.165) is 11.1 Å². The Bertz CT molecular complexity index is 759. The third kappa shape index (κ3) is 5.78. The van der Waals surface area contributed by atoms with Crippen molar-refractivity contribution in [3.63, 3.8) is 0 Å². The number of halogens is 1. The maximum absolute atomic E-state index is 11.7. The second-order valence-corrected chi connectivity index (χ2v) is 5.42. The number of hydrogen-bond donors (Lipinski definition) is 2. The predicted octanol–water partition coefficient (Wildman–Crippen LogP) is 2.89. The first-order valence-corrected chi connectivity index (χ1v) is 7.63. The van der Waals surface area contributed by atoms with Crippen LogP contribution in [-0.2, 0) is 9.59 Å². The Morgan fingerprint density at radius 1 is 1.12 bits per heavy atom. The summed E-state index contributed by atoms with van der Waals surface area (Å²) in [5.74, 6) is -0.290. The van der Waals surface area contributed by atoms with Crippen LogP contribution in [0.25, 0.3) is 6.08 Å². The zero-order valence-electron chi connectivity index (χ0n) is 13.1. The average molecular weight is 345 g/mol. The number of amides is 2. The standard InChI is InChI=1S/C18H17ClN2O3/c1-13-5-2-3-8-16(13)24-12-18(23)21-20-17(22)10-9-14-6-4-7-15(19)11-14/h2-11H,12H2,1H3,(H,20,22)(H,21,23)/b10-9+. The zero-order chi connectivity index (χ0) is 17.4. The van der Waals surface area contributed by atoms with Crippen LogP contribution in [0.4, 0.5) is 0 Å². The lowest BCUT2D eigenvalue weighted by atomic mass is 10.2. The number of carbonyl (C=O) groups is 2. The quantitative estimate of drug-likeness (QED) is 0.647. The molecule has 2 amide bonds. The van der Waals surface area contributed by atoms with Crippen molar-refractivity contribution >= 4 is 29.5 Å². The minimum Gasteiger partial charge on any atom is -0.483 e. The molecule has 0 saturated carbocycles. The number of hydrogen-bond acceptors (Lipinski definition) is 3. The lowest BCUT2D eigenvalue weighted by Gasteiger charge is -2.09. The van der Waals surface area contributed by atoms with E-state index >= 15 is 0 Å². The maximum Gasteiger partial charge on any atom is 0.276 e. The van der Waals surface area contributed by atoms with E-state index in [1.165, 1.54) is 6.08 Å². The van der Waals surface area contributed by atoms with Gasteiger partial charge >= 0.3 is 0 Å². The molecule has 24 heavy (non-hydrogen) atoms. The summed E-state index contributed by atoms with van der Waals surface area (Å²) in [6.45, 7) is 1.69. The number of carbonyl (C=O) groups excluding carboxylic acids is 2. The number of para-hydroxylation sites is 1. The molecule has 0 radical (unpaired) electrons. The van der Waals surface area contributed by atoms with Crippen molar-refractivity contribution < 1.29 is 14.3 Å². The molecule has 0 spiro atoms. The molecule has 2 N–H and O–H groups in total. The third-order valence-electron chi connectivity index (χ3n) is 3.05. The van der Waals surface area contributed by atoms with Gasteiger partial charge in [-0.05, 0) is 42.3 Å². The zero-order valence-corrected chi connectivity index (χ0v) is 13.8. The molecule has 0 unspecified atom stereocenters. The molecule has 5 nitrogen and oxygen atoms in total. The van der Waals surface area contributed by atoms with Crippen molar-refractivity contribution in [3.05, 3.63) is 70.8 Å². The summed E-state index contributed by atoms with van der Waals surface area (Å²) in [5, 5.41) is 0.583. The monoisotopic (exact) mass is 344 g/mol. The summed E-state index contributed by atoms with van der Waals surface area (Å²) in [4.78, 5) is 23.3. The van der Waals surface area contributed by atoms with Gasteiger partial charge in [0.15, 0.2) is 6.61 Å². The molecule has 0 aliphatic heterocycles. The SMILES string of the molecule is Cc1ccccc1OCC(=O)NNC(=O)/C=C/c1cccc(Cl)c1. The Morgan fingerprint density at radius 3 is 2.67 bits per heavy atom. The predicted molar refractivity (Wildman–Crippen MR) is 93.4 cm³/mol. The van der Waals surface area contributed by atoms with Gasteiger partial charge in [0, 0.05) is 11.1 Å². The molecule has 0 heterocycles. The normalized spacial score (nSPS) is 10.4. The Labute approximate surface area is 145 Å². The van der Waals surface area contributed by atoms with Gasteiger partial charge in [0.2, 0.25) is 0 Å². The van der Waals surface area contributed by atoms with Crippen LogP contribution >= 0.6 is 11.6 Å². The van der Waals surface area contributed by atoms with Crippen LogP contribution in [0.2, 0.25) is 5.02 Å². The van der Waals surface area contributed by atoms with Crippen molar-refractivity contribution in [2.75, 3.05) is 6.61 Å². The minimum absolute atomic E-state index is 0.191. The average Bonchev–Trinajstić information content (AvgIpc) is 2.57. The van der Waals surface area contributed by atoms with Crippen LogP contribution in [0.1, 0.15) is 11.1 Å². The molecular weight excluding hydrogens is 328 g/mol. The van der Waals surface area contributed by atoms with Crippen LogP contribution in [-0.4, -0.2) is 18.4 Å². The molecule has 2 aromatic rings. The summed E-state index contributed by atoms with van der Waals surface area (Å²) in [5.41, 5.74) is 6.27. The number of rotatable bonds is 5. The Balaban J connectivity index is 1.75. The molecular formula is C18H17ClN2O3. The van der Waals surface area contributed by atoms with Crippen LogP contribution < -0.4 is 15.6 Å². The van der Waals surface area contributed by atoms with Gasteiger partial charge in [-0.15, -0.1) is 0 Å². The molecule has 0 atom stereocenters. The lowest BCUT2D eigenvalue weighted by molar-refractivity contribution is -0.128. The highest BCUT2D eigenvalue weighted by molar-refractivity contribution is 6.30. The molecule has 0 aliphatic rings. The Morgan fingerprint density at radius 2 is 1.92 bits per heavy atom. The molecule has 0 fully saturated rings. The van der Waals surface area contributed by atoms with E-state index < -0.39 is 11.8 Å². The van der Waals surface area contributed by atoms with E-state index in [-0.39, 0.29) is 6.61 Å². The molecule has 6 heteroatoms. The van der Waals surface area contributed by atoms with Gasteiger partial charge in [-0.25, -0.2) is 0 Å². The highest BCUT2D eigenvalue weighted by Crippen LogP contribution is 2.15. The minimum atomic E-state index is -0.459. The fourth-order valence-electron chi connectivity index (χ4n) is 1.85. The first kappa shape index (κ1) is 17.6. The van der Waals surface area contributed by atoms with Crippen LogP contribution in [0, 0.1) is 6.92 Å². The number of hydrazine groups is 1. The molecule has 0 bridgehead atoms. The molecule has 2 rings (SSSR count). The van der Waals surface area contributed by atoms with Gasteiger partial charge in [-0.3, -0.25) is 20.4 Å². The van der Waals surface area contributed by atoms with Crippen molar-refractivity contribution in [1.82, 2.24) is 10.9 Å². The van der Waals surface area contributed by atoms with E-state index in [1.807, 2.05) is 31.2 Å². The fraction of sp³-hybridized carbons (Fsp3) is 0.111. The second kappa shape index (κ2) is 8.74. The van der Waals surface area contributed by atoms with E-state index in [0.29, 0.717) is 10.8 Å². The molecule has 0 saturated heterocycles. The molecule has 2 aromatic carbocycles. The van der Waals surface area contributed by atoms with Crippen LogP contribution in [0.3, 0.4) is 0 Å². The van der Waals surface area contributed by atoms with E-state index in [1.54, 1.807) is 30.3 Å². The number of nitrogens with one attached hydrogen (secondary N) is 2. The largest absolute Gasteiger partial charge is 0.483 e. The Kier molecular flexibility index (Phi) is 6.40. The summed E-state index contributed by atoms with van der Waals surface area (Å²) in [7, 11) is 0. The highest BCUT2D eigenvalue weighted by Gasteiger charge is 2.05. The smallest absolute Gasteiger partial charge is 0.276 e. The fourth-order valence-corrected chi connectivity index (χ4v) is 2.05. The van der Waals surface area contributed by atoms with Crippen LogP contribution in [0.15, 0.2) is 54.6 Å². The lowest BCUT2D eigenvalue weighted by Crippen LogP contribution is -2.43. The number of benzene rings is 2. The summed E-state index contributed by atoms with van der Waals surface area (Å²) >= 11 is 5.85. The number of aryl methyl sites for hydroxylation is 1. The summed E-state index contributed by atoms with van der Waals surface area (Å²) < 4.78 is 5.38. The van der Waals surface area contributed by atoms with Gasteiger partial charge in [-0.2, -0.15) is 0 Å². The second-order valence-electron chi connectivity index (χ2n) is 4.98. The van der Waals surface area contributed by atoms with Crippen molar-refractivity contribution in [3.8, 4) is 5.75 Å². The highest BCUT2D eigenvalue weighted by atomic mass is 35.5. The van der Waals surface area contributed by atoms with Gasteiger partial charge in [0.1, 0.15) is 5.75 Å². The summed E-state index contributed by atoms with van der Waals surface area (Å²) in [6.07, 6.45) is 2.89. The first-order chi connectivity index (χ1) is 11.5. The van der Waals surface area contributed by atoms with Crippen molar-refractivity contribution in [2.24, 2.45) is 0 Å². The van der Waals surface area contributed by atoms with E-state index in [4.69, 9.17) is 16.3 Å². The Hall–Kier alpha value is -2.79. The molecule has 0 aliphatic carbocycles. The number of ether oxygens (including phenoxy) is 1.